The molecule has 0 aromatic carbocycles. The SMILES string of the molecule is CCCCCCN(CCC(=O)O)CC(=O)NC(C)CC. The number of rotatable bonds is 12. The van der Waals surface area contributed by atoms with Gasteiger partial charge in [-0.05, 0) is 26.3 Å². The molecular weight excluding hydrogens is 256 g/mol. The average molecular weight is 286 g/mol. The molecule has 5 nitrogen and oxygen atoms in total. The molecule has 1 unspecified atom stereocenters. The molecule has 0 fully saturated rings. The summed E-state index contributed by atoms with van der Waals surface area (Å²) in [5, 5.41) is 11.7. The Morgan fingerprint density at radius 3 is 2.40 bits per heavy atom. The molecular formula is C15H30N2O3. The topological polar surface area (TPSA) is 69.6 Å². The maximum absolute atomic E-state index is 11.9. The number of carbonyl (C=O) groups is 2. The van der Waals surface area contributed by atoms with E-state index < -0.39 is 5.97 Å². The molecule has 0 aliphatic heterocycles. The van der Waals surface area contributed by atoms with E-state index in [9.17, 15) is 9.59 Å². The zero-order chi connectivity index (χ0) is 15.4. The molecule has 118 valence electrons. The van der Waals surface area contributed by atoms with Crippen molar-refractivity contribution in [2.45, 2.75) is 65.3 Å². The van der Waals surface area contributed by atoms with Gasteiger partial charge in [0.25, 0.3) is 0 Å². The second-order valence-electron chi connectivity index (χ2n) is 5.36. The van der Waals surface area contributed by atoms with Crippen molar-refractivity contribution in [3.8, 4) is 0 Å². The number of hydrogen-bond donors (Lipinski definition) is 2. The molecule has 20 heavy (non-hydrogen) atoms. The van der Waals surface area contributed by atoms with E-state index in [1.54, 1.807) is 0 Å². The van der Waals surface area contributed by atoms with Crippen LogP contribution in [0, 0.1) is 0 Å². The Morgan fingerprint density at radius 1 is 1.15 bits per heavy atom. The minimum atomic E-state index is -0.814. The van der Waals surface area contributed by atoms with Gasteiger partial charge in [0, 0.05) is 12.6 Å². The van der Waals surface area contributed by atoms with Crippen LogP contribution in [0.25, 0.3) is 0 Å². The number of aliphatic carboxylic acids is 1. The lowest BCUT2D eigenvalue weighted by molar-refractivity contribution is -0.137. The van der Waals surface area contributed by atoms with Gasteiger partial charge in [-0.3, -0.25) is 14.5 Å². The smallest absolute Gasteiger partial charge is 0.304 e. The zero-order valence-corrected chi connectivity index (χ0v) is 13.2. The molecule has 1 amide bonds. The Bertz CT molecular complexity index is 282. The molecule has 0 aliphatic rings. The average Bonchev–Trinajstić information content (AvgIpc) is 2.40. The van der Waals surface area contributed by atoms with Gasteiger partial charge in [0.2, 0.25) is 5.91 Å². The zero-order valence-electron chi connectivity index (χ0n) is 13.2. The minimum Gasteiger partial charge on any atom is -0.481 e. The Morgan fingerprint density at radius 2 is 1.85 bits per heavy atom. The quantitative estimate of drug-likeness (QED) is 0.540. The van der Waals surface area contributed by atoms with E-state index in [4.69, 9.17) is 5.11 Å². The van der Waals surface area contributed by atoms with E-state index in [2.05, 4.69) is 12.2 Å². The lowest BCUT2D eigenvalue weighted by Crippen LogP contribution is -2.41. The predicted octanol–water partition coefficient (Wildman–Crippen LogP) is 2.26. The first-order chi connectivity index (χ1) is 9.49. The fraction of sp³-hybridized carbons (Fsp3) is 0.867. The van der Waals surface area contributed by atoms with Crippen LogP contribution in [0.5, 0.6) is 0 Å². The highest BCUT2D eigenvalue weighted by molar-refractivity contribution is 5.78. The molecule has 0 spiro atoms. The maximum atomic E-state index is 11.9. The van der Waals surface area contributed by atoms with Crippen molar-refractivity contribution in [2.75, 3.05) is 19.6 Å². The molecule has 0 saturated heterocycles. The van der Waals surface area contributed by atoms with Crippen molar-refractivity contribution in [3.63, 3.8) is 0 Å². The van der Waals surface area contributed by atoms with Gasteiger partial charge in [0.1, 0.15) is 0 Å². The number of nitrogens with zero attached hydrogens (tertiary/aromatic N) is 1. The number of unbranched alkanes of at least 4 members (excludes halogenated alkanes) is 3. The normalized spacial score (nSPS) is 12.4. The number of carboxylic acid groups (broad SMARTS) is 1. The van der Waals surface area contributed by atoms with Crippen LogP contribution in [0.2, 0.25) is 0 Å². The second-order valence-corrected chi connectivity index (χ2v) is 5.36. The highest BCUT2D eigenvalue weighted by atomic mass is 16.4. The summed E-state index contributed by atoms with van der Waals surface area (Å²) < 4.78 is 0. The van der Waals surface area contributed by atoms with E-state index >= 15 is 0 Å². The molecule has 5 heteroatoms. The van der Waals surface area contributed by atoms with Crippen LogP contribution in [-0.2, 0) is 9.59 Å². The van der Waals surface area contributed by atoms with Crippen LogP contribution >= 0.6 is 0 Å². The predicted molar refractivity (Wildman–Crippen MR) is 80.7 cm³/mol. The third kappa shape index (κ3) is 10.8. The summed E-state index contributed by atoms with van der Waals surface area (Å²) in [4.78, 5) is 24.5. The van der Waals surface area contributed by atoms with Gasteiger partial charge < -0.3 is 10.4 Å². The molecule has 0 rings (SSSR count). The molecule has 0 aliphatic carbocycles. The fourth-order valence-corrected chi connectivity index (χ4v) is 1.91. The first-order valence-corrected chi connectivity index (χ1v) is 7.73. The van der Waals surface area contributed by atoms with Crippen molar-refractivity contribution in [3.05, 3.63) is 0 Å². The van der Waals surface area contributed by atoms with Crippen LogP contribution in [0.4, 0.5) is 0 Å². The standard InChI is InChI=1S/C15H30N2O3/c1-4-6-7-8-10-17(11-9-15(19)20)12-14(18)16-13(3)5-2/h13H,4-12H2,1-3H3,(H,16,18)(H,19,20). The number of carboxylic acids is 1. The van der Waals surface area contributed by atoms with Crippen molar-refractivity contribution >= 4 is 11.9 Å². The summed E-state index contributed by atoms with van der Waals surface area (Å²) in [6.45, 7) is 7.68. The third-order valence-electron chi connectivity index (χ3n) is 3.36. The summed E-state index contributed by atoms with van der Waals surface area (Å²) in [6.07, 6.45) is 5.49. The number of amides is 1. The Labute approximate surface area is 122 Å². The van der Waals surface area contributed by atoms with Gasteiger partial charge >= 0.3 is 5.97 Å². The molecule has 2 N–H and O–H groups in total. The van der Waals surface area contributed by atoms with Crippen molar-refractivity contribution in [2.24, 2.45) is 0 Å². The van der Waals surface area contributed by atoms with Crippen molar-refractivity contribution in [1.82, 2.24) is 10.2 Å². The van der Waals surface area contributed by atoms with Crippen LogP contribution in [0.1, 0.15) is 59.3 Å². The van der Waals surface area contributed by atoms with E-state index in [0.29, 0.717) is 13.1 Å². The first kappa shape index (κ1) is 18.9. The van der Waals surface area contributed by atoms with Gasteiger partial charge in [-0.2, -0.15) is 0 Å². The van der Waals surface area contributed by atoms with Crippen molar-refractivity contribution in [1.29, 1.82) is 0 Å². The number of hydrogen-bond acceptors (Lipinski definition) is 3. The molecule has 0 aromatic rings. The summed E-state index contributed by atoms with van der Waals surface area (Å²) in [6, 6.07) is 0.170. The largest absolute Gasteiger partial charge is 0.481 e. The lowest BCUT2D eigenvalue weighted by atomic mass is 10.2. The summed E-state index contributed by atoms with van der Waals surface area (Å²) in [5.41, 5.74) is 0. The van der Waals surface area contributed by atoms with Crippen LogP contribution in [-0.4, -0.2) is 47.6 Å². The monoisotopic (exact) mass is 286 g/mol. The van der Waals surface area contributed by atoms with E-state index in [0.717, 1.165) is 25.8 Å². The van der Waals surface area contributed by atoms with Gasteiger partial charge in [0.05, 0.1) is 13.0 Å². The van der Waals surface area contributed by atoms with Gasteiger partial charge in [-0.25, -0.2) is 0 Å². The van der Waals surface area contributed by atoms with Crippen molar-refractivity contribution < 1.29 is 14.7 Å². The third-order valence-corrected chi connectivity index (χ3v) is 3.36. The van der Waals surface area contributed by atoms with E-state index in [1.807, 2.05) is 18.7 Å². The van der Waals surface area contributed by atoms with Crippen LogP contribution in [0.15, 0.2) is 0 Å². The minimum absolute atomic E-state index is 0.0137. The van der Waals surface area contributed by atoms with E-state index in [-0.39, 0.29) is 18.4 Å². The Balaban J connectivity index is 4.14. The van der Waals surface area contributed by atoms with Gasteiger partial charge in [-0.1, -0.05) is 33.1 Å². The summed E-state index contributed by atoms with van der Waals surface area (Å²) in [7, 11) is 0. The van der Waals surface area contributed by atoms with Gasteiger partial charge in [0.15, 0.2) is 0 Å². The van der Waals surface area contributed by atoms with Gasteiger partial charge in [-0.15, -0.1) is 0 Å². The fourth-order valence-electron chi connectivity index (χ4n) is 1.91. The molecule has 1 atom stereocenters. The molecule has 0 heterocycles. The summed E-state index contributed by atoms with van der Waals surface area (Å²) >= 11 is 0. The highest BCUT2D eigenvalue weighted by Crippen LogP contribution is 2.02. The summed E-state index contributed by atoms with van der Waals surface area (Å²) in [5.74, 6) is -0.828. The van der Waals surface area contributed by atoms with Crippen LogP contribution < -0.4 is 5.32 Å². The Hall–Kier alpha value is -1.10. The first-order valence-electron chi connectivity index (χ1n) is 7.73. The lowest BCUT2D eigenvalue weighted by Gasteiger charge is -2.22. The number of carbonyl (C=O) groups excluding carboxylic acids is 1. The number of nitrogens with one attached hydrogen (secondary N) is 1. The Kier molecular flexibility index (Phi) is 11.1. The maximum Gasteiger partial charge on any atom is 0.304 e. The highest BCUT2D eigenvalue weighted by Gasteiger charge is 2.13. The van der Waals surface area contributed by atoms with E-state index in [1.165, 1.54) is 12.8 Å². The second kappa shape index (κ2) is 11.7. The molecule has 0 saturated carbocycles. The molecule has 0 aromatic heterocycles. The van der Waals surface area contributed by atoms with Crippen LogP contribution in [0.3, 0.4) is 0 Å². The molecule has 0 bridgehead atoms. The molecule has 0 radical (unpaired) electrons.